The Hall–Kier alpha value is -3.08. The molecule has 0 aliphatic heterocycles. The van der Waals surface area contributed by atoms with E-state index in [0.29, 0.717) is 0 Å². The summed E-state index contributed by atoms with van der Waals surface area (Å²) in [5.74, 6) is -1.94. The highest BCUT2D eigenvalue weighted by molar-refractivity contribution is 7.92. The van der Waals surface area contributed by atoms with Gasteiger partial charge < -0.3 is 9.47 Å². The number of hydrogen-bond donors (Lipinski definition) is 1. The van der Waals surface area contributed by atoms with Crippen LogP contribution in [0.5, 0.6) is 5.75 Å². The summed E-state index contributed by atoms with van der Waals surface area (Å²) in [6, 6.07) is 9.53. The van der Waals surface area contributed by atoms with Gasteiger partial charge in [0.2, 0.25) is 15.8 Å². The van der Waals surface area contributed by atoms with Crippen LogP contribution in [0.25, 0.3) is 0 Å². The van der Waals surface area contributed by atoms with Gasteiger partial charge in [-0.15, -0.1) is 13.2 Å². The number of nitrogens with one attached hydrogen (secondary N) is 1. The average Bonchev–Trinajstić information content (AvgIpc) is 2.59. The lowest BCUT2D eigenvalue weighted by atomic mass is 10.1. The van der Waals surface area contributed by atoms with Gasteiger partial charge in [0.1, 0.15) is 5.75 Å². The molecule has 0 bridgehead atoms. The topological polar surface area (TPSA) is 98.8 Å². The summed E-state index contributed by atoms with van der Waals surface area (Å²) in [6.07, 6.45) is -5.05. The van der Waals surface area contributed by atoms with Crippen LogP contribution in [0.1, 0.15) is 27.6 Å². The number of halogens is 3. The molecule has 1 atom stereocenters. The third-order valence-electron chi connectivity index (χ3n) is 3.45. The summed E-state index contributed by atoms with van der Waals surface area (Å²) in [4.78, 5) is 24.4. The summed E-state index contributed by atoms with van der Waals surface area (Å²) in [6.45, 7) is 1.34. The Labute approximate surface area is 164 Å². The summed E-state index contributed by atoms with van der Waals surface area (Å²) >= 11 is 0. The second-order valence-corrected chi connectivity index (χ2v) is 7.68. The van der Waals surface area contributed by atoms with Gasteiger partial charge in [-0.2, -0.15) is 0 Å². The predicted octanol–water partition coefficient (Wildman–Crippen LogP) is 3.38. The quantitative estimate of drug-likeness (QED) is 0.533. The van der Waals surface area contributed by atoms with Gasteiger partial charge in [-0.05, 0) is 55.5 Å². The molecular formula is C18H16F3NO6S. The molecule has 2 aromatic carbocycles. The standard InChI is InChI=1S/C18H16F3NO6S/c1-11(16(23)12-3-7-14(8-4-12)22-29(2,25)26)27-17(24)13-5-9-15(10-6-13)28-18(19,20)21/h3-11,22H,1-2H3/t11-/m0/s1. The maximum atomic E-state index is 12.4. The van der Waals surface area contributed by atoms with Crippen molar-refractivity contribution in [1.29, 1.82) is 0 Å². The van der Waals surface area contributed by atoms with Crippen LogP contribution in [-0.2, 0) is 14.8 Å². The van der Waals surface area contributed by atoms with Gasteiger partial charge in [-0.25, -0.2) is 13.2 Å². The molecule has 29 heavy (non-hydrogen) atoms. The molecule has 0 aliphatic carbocycles. The lowest BCUT2D eigenvalue weighted by Gasteiger charge is -2.13. The van der Waals surface area contributed by atoms with Gasteiger partial charge in [0.05, 0.1) is 11.8 Å². The molecular weight excluding hydrogens is 415 g/mol. The van der Waals surface area contributed by atoms with E-state index in [1.165, 1.54) is 31.2 Å². The number of alkyl halides is 3. The Morgan fingerprint density at radius 2 is 1.48 bits per heavy atom. The number of carbonyl (C=O) groups is 2. The minimum absolute atomic E-state index is 0.0631. The van der Waals surface area contributed by atoms with Crippen LogP contribution in [0.15, 0.2) is 48.5 Å². The van der Waals surface area contributed by atoms with Crippen molar-refractivity contribution >= 4 is 27.5 Å². The molecule has 1 N–H and O–H groups in total. The van der Waals surface area contributed by atoms with Crippen molar-refractivity contribution in [3.05, 3.63) is 59.7 Å². The molecule has 156 valence electrons. The van der Waals surface area contributed by atoms with Gasteiger partial charge in [0.15, 0.2) is 6.10 Å². The molecule has 7 nitrogen and oxygen atoms in total. The minimum atomic E-state index is -4.85. The van der Waals surface area contributed by atoms with Crippen molar-refractivity contribution in [3.8, 4) is 5.75 Å². The van der Waals surface area contributed by atoms with Crippen LogP contribution >= 0.6 is 0 Å². The highest BCUT2D eigenvalue weighted by Crippen LogP contribution is 2.23. The zero-order valence-electron chi connectivity index (χ0n) is 15.2. The predicted molar refractivity (Wildman–Crippen MR) is 97.2 cm³/mol. The van der Waals surface area contributed by atoms with Gasteiger partial charge in [0, 0.05) is 11.3 Å². The number of anilines is 1. The molecule has 0 amide bonds. The monoisotopic (exact) mass is 431 g/mol. The van der Waals surface area contributed by atoms with E-state index in [-0.39, 0.29) is 16.8 Å². The Balaban J connectivity index is 2.00. The summed E-state index contributed by atoms with van der Waals surface area (Å²) in [7, 11) is -3.46. The number of carbonyl (C=O) groups excluding carboxylic acids is 2. The fraction of sp³-hybridized carbons (Fsp3) is 0.222. The number of hydrogen-bond acceptors (Lipinski definition) is 6. The maximum absolute atomic E-state index is 12.4. The Kier molecular flexibility index (Phi) is 6.52. The molecule has 0 aliphatic rings. The van der Waals surface area contributed by atoms with E-state index in [0.717, 1.165) is 30.5 Å². The summed E-state index contributed by atoms with van der Waals surface area (Å²) in [5.41, 5.74) is 0.375. The number of ether oxygens (including phenoxy) is 2. The number of Topliss-reactive ketones (excluding diaryl/α,β-unsaturated/α-hetero) is 1. The molecule has 0 radical (unpaired) electrons. The Morgan fingerprint density at radius 1 is 0.966 bits per heavy atom. The van der Waals surface area contributed by atoms with E-state index >= 15 is 0 Å². The lowest BCUT2D eigenvalue weighted by Crippen LogP contribution is -2.24. The largest absolute Gasteiger partial charge is 0.573 e. The van der Waals surface area contributed by atoms with Crippen LogP contribution in [0.3, 0.4) is 0 Å². The normalized spacial score (nSPS) is 12.7. The molecule has 2 rings (SSSR count). The first-order valence-corrected chi connectivity index (χ1v) is 9.92. The van der Waals surface area contributed by atoms with Crippen molar-refractivity contribution in [3.63, 3.8) is 0 Å². The summed E-state index contributed by atoms with van der Waals surface area (Å²) < 4.78 is 69.8. The number of benzene rings is 2. The lowest BCUT2D eigenvalue weighted by molar-refractivity contribution is -0.274. The fourth-order valence-electron chi connectivity index (χ4n) is 2.23. The van der Waals surface area contributed by atoms with E-state index in [9.17, 15) is 31.2 Å². The maximum Gasteiger partial charge on any atom is 0.573 e. The first kappa shape index (κ1) is 22.2. The van der Waals surface area contributed by atoms with Crippen molar-refractivity contribution in [1.82, 2.24) is 0 Å². The van der Waals surface area contributed by atoms with Crippen LogP contribution in [0.2, 0.25) is 0 Å². The van der Waals surface area contributed by atoms with Crippen molar-refractivity contribution in [2.75, 3.05) is 11.0 Å². The molecule has 2 aromatic rings. The van der Waals surface area contributed by atoms with E-state index in [4.69, 9.17) is 4.74 Å². The Bertz CT molecular complexity index is 986. The first-order valence-electron chi connectivity index (χ1n) is 8.03. The fourth-order valence-corrected chi connectivity index (χ4v) is 2.79. The van der Waals surface area contributed by atoms with Gasteiger partial charge in [-0.1, -0.05) is 0 Å². The van der Waals surface area contributed by atoms with Gasteiger partial charge >= 0.3 is 12.3 Å². The highest BCUT2D eigenvalue weighted by atomic mass is 32.2. The van der Waals surface area contributed by atoms with Crippen molar-refractivity contribution in [2.45, 2.75) is 19.4 Å². The second-order valence-electron chi connectivity index (χ2n) is 5.94. The molecule has 0 fully saturated rings. The van der Waals surface area contributed by atoms with Crippen LogP contribution in [0.4, 0.5) is 18.9 Å². The number of rotatable bonds is 7. The molecule has 0 unspecified atom stereocenters. The third-order valence-corrected chi connectivity index (χ3v) is 4.06. The van der Waals surface area contributed by atoms with E-state index in [2.05, 4.69) is 9.46 Å². The van der Waals surface area contributed by atoms with Crippen molar-refractivity contribution in [2.24, 2.45) is 0 Å². The van der Waals surface area contributed by atoms with E-state index in [1.54, 1.807) is 0 Å². The van der Waals surface area contributed by atoms with E-state index in [1.807, 2.05) is 0 Å². The van der Waals surface area contributed by atoms with Crippen LogP contribution in [0, 0.1) is 0 Å². The third kappa shape index (κ3) is 7.11. The molecule has 0 spiro atoms. The second kappa shape index (κ2) is 8.52. The SMILES string of the molecule is C[C@H](OC(=O)c1ccc(OC(F)(F)F)cc1)C(=O)c1ccc(NS(C)(=O)=O)cc1. The molecule has 0 aromatic heterocycles. The van der Waals surface area contributed by atoms with E-state index < -0.39 is 40.0 Å². The smallest absolute Gasteiger partial charge is 0.451 e. The average molecular weight is 431 g/mol. The zero-order chi connectivity index (χ0) is 21.8. The number of esters is 1. The molecule has 11 heteroatoms. The highest BCUT2D eigenvalue weighted by Gasteiger charge is 2.31. The summed E-state index contributed by atoms with van der Waals surface area (Å²) in [5, 5.41) is 0. The number of sulfonamides is 1. The van der Waals surface area contributed by atoms with Gasteiger partial charge in [0.25, 0.3) is 0 Å². The molecule has 0 saturated heterocycles. The number of ketones is 1. The molecule has 0 heterocycles. The molecule has 0 saturated carbocycles. The van der Waals surface area contributed by atoms with Gasteiger partial charge in [-0.3, -0.25) is 9.52 Å². The zero-order valence-corrected chi connectivity index (χ0v) is 16.0. The van der Waals surface area contributed by atoms with Crippen LogP contribution < -0.4 is 9.46 Å². The van der Waals surface area contributed by atoms with Crippen LogP contribution in [-0.4, -0.2) is 38.9 Å². The minimum Gasteiger partial charge on any atom is -0.451 e. The van der Waals surface area contributed by atoms with Crippen molar-refractivity contribution < 1.29 is 40.7 Å². The first-order chi connectivity index (χ1) is 13.3. The Morgan fingerprint density at radius 3 is 1.97 bits per heavy atom.